The summed E-state index contributed by atoms with van der Waals surface area (Å²) in [7, 11) is 0. The molecule has 144 valence electrons. The van der Waals surface area contributed by atoms with Gasteiger partial charge >= 0.3 is 0 Å². The molecule has 3 aliphatic rings. The van der Waals surface area contributed by atoms with Crippen molar-refractivity contribution < 1.29 is 9.53 Å². The Bertz CT molecular complexity index is 747. The van der Waals surface area contributed by atoms with Gasteiger partial charge in [0.1, 0.15) is 11.3 Å². The van der Waals surface area contributed by atoms with Crippen molar-refractivity contribution in [3.63, 3.8) is 0 Å². The molecule has 2 aliphatic heterocycles. The number of carbonyl (C=O) groups excluding carboxylic acids is 1. The van der Waals surface area contributed by atoms with Crippen molar-refractivity contribution in [3.8, 4) is 11.8 Å². The second-order valence-electron chi connectivity index (χ2n) is 8.23. The van der Waals surface area contributed by atoms with E-state index in [9.17, 15) is 10.1 Å². The molecule has 1 saturated heterocycles. The molecule has 0 spiro atoms. The lowest BCUT2D eigenvalue weighted by Crippen LogP contribution is -2.53. The lowest BCUT2D eigenvalue weighted by atomic mass is 9.98. The fraction of sp³-hybridized carbons (Fsp3) is 0.619. The van der Waals surface area contributed by atoms with E-state index < -0.39 is 5.54 Å². The van der Waals surface area contributed by atoms with Gasteiger partial charge in [0.2, 0.25) is 5.91 Å². The summed E-state index contributed by atoms with van der Waals surface area (Å²) >= 11 is 0. The zero-order valence-corrected chi connectivity index (χ0v) is 16.0. The van der Waals surface area contributed by atoms with Crippen LogP contribution in [0.25, 0.3) is 0 Å². The van der Waals surface area contributed by atoms with Crippen LogP contribution in [0, 0.1) is 17.2 Å². The molecule has 27 heavy (non-hydrogen) atoms. The van der Waals surface area contributed by atoms with Crippen LogP contribution in [0.15, 0.2) is 18.2 Å². The van der Waals surface area contributed by atoms with Crippen LogP contribution in [-0.2, 0) is 17.8 Å². The Hall–Kier alpha value is -2.10. The number of nitrogens with zero attached hydrogens (tertiary/aromatic N) is 3. The molecule has 1 saturated carbocycles. The molecule has 0 aromatic heterocycles. The number of carbonyl (C=O) groups is 1. The van der Waals surface area contributed by atoms with Crippen molar-refractivity contribution in [1.82, 2.24) is 15.1 Å². The Morgan fingerprint density at radius 1 is 1.30 bits per heavy atom. The van der Waals surface area contributed by atoms with E-state index in [0.717, 1.165) is 64.3 Å². The summed E-state index contributed by atoms with van der Waals surface area (Å²) in [6.45, 7) is 7.66. The normalized spacial score (nSPS) is 22.4. The second kappa shape index (κ2) is 7.49. The lowest BCUT2D eigenvalue weighted by Gasteiger charge is -2.35. The van der Waals surface area contributed by atoms with E-state index in [-0.39, 0.29) is 5.91 Å². The summed E-state index contributed by atoms with van der Waals surface area (Å²) in [6.07, 6.45) is 3.09. The minimum Gasteiger partial charge on any atom is -0.493 e. The smallest absolute Gasteiger partial charge is 0.235 e. The molecule has 2 heterocycles. The van der Waals surface area contributed by atoms with Crippen molar-refractivity contribution in [3.05, 3.63) is 29.3 Å². The van der Waals surface area contributed by atoms with Crippen LogP contribution in [0.1, 0.15) is 30.9 Å². The van der Waals surface area contributed by atoms with Gasteiger partial charge < -0.3 is 10.1 Å². The molecule has 0 bridgehead atoms. The Labute approximate surface area is 161 Å². The van der Waals surface area contributed by atoms with Crippen LogP contribution >= 0.6 is 0 Å². The molecular formula is C21H28N4O2. The molecule has 2 fully saturated rings. The number of amides is 1. The number of hydrogen-bond donors (Lipinski definition) is 1. The summed E-state index contributed by atoms with van der Waals surface area (Å²) in [5.41, 5.74) is 1.95. The predicted molar refractivity (Wildman–Crippen MR) is 102 cm³/mol. The molecule has 1 aliphatic carbocycles. The number of benzene rings is 1. The third-order valence-electron chi connectivity index (χ3n) is 6.02. The second-order valence-corrected chi connectivity index (χ2v) is 8.23. The minimum atomic E-state index is -0.698. The number of nitriles is 1. The van der Waals surface area contributed by atoms with E-state index in [1.807, 2.05) is 6.92 Å². The van der Waals surface area contributed by atoms with Crippen LogP contribution in [-0.4, -0.2) is 60.6 Å². The summed E-state index contributed by atoms with van der Waals surface area (Å²) < 4.78 is 5.58. The largest absolute Gasteiger partial charge is 0.493 e. The molecule has 6 heteroatoms. The van der Waals surface area contributed by atoms with Crippen molar-refractivity contribution in [1.29, 1.82) is 5.26 Å². The van der Waals surface area contributed by atoms with Crippen molar-refractivity contribution in [2.45, 2.75) is 38.3 Å². The third kappa shape index (κ3) is 4.26. The number of fused-ring (bicyclic) bond motifs is 1. The minimum absolute atomic E-state index is 0.0296. The van der Waals surface area contributed by atoms with Gasteiger partial charge in [-0.05, 0) is 42.9 Å². The van der Waals surface area contributed by atoms with Crippen molar-refractivity contribution in [2.24, 2.45) is 5.92 Å². The fourth-order valence-corrected chi connectivity index (χ4v) is 4.12. The zero-order valence-electron chi connectivity index (χ0n) is 16.0. The summed E-state index contributed by atoms with van der Waals surface area (Å²) in [4.78, 5) is 17.0. The standard InChI is InChI=1S/C21H28N4O2/c1-21(15-22,18-3-4-18)23-20(26)14-25-9-7-24(8-10-25)13-16-2-5-19-17(12-16)6-11-27-19/h2,5,12,18H,3-4,6-11,13-14H2,1H3,(H,23,26)/t21-/m0/s1. The van der Waals surface area contributed by atoms with Crippen LogP contribution in [0.2, 0.25) is 0 Å². The Morgan fingerprint density at radius 3 is 2.74 bits per heavy atom. The highest BCUT2D eigenvalue weighted by Crippen LogP contribution is 2.39. The van der Waals surface area contributed by atoms with E-state index in [1.165, 1.54) is 11.1 Å². The van der Waals surface area contributed by atoms with Gasteiger partial charge in [-0.1, -0.05) is 12.1 Å². The maximum atomic E-state index is 12.4. The first kappa shape index (κ1) is 18.3. The summed E-state index contributed by atoms with van der Waals surface area (Å²) in [5.74, 6) is 1.32. The van der Waals surface area contributed by atoms with E-state index in [2.05, 4.69) is 39.4 Å². The van der Waals surface area contributed by atoms with Gasteiger partial charge in [0.15, 0.2) is 0 Å². The number of nitrogens with one attached hydrogen (secondary N) is 1. The molecule has 1 amide bonds. The van der Waals surface area contributed by atoms with Gasteiger partial charge in [0, 0.05) is 39.1 Å². The molecule has 6 nitrogen and oxygen atoms in total. The van der Waals surface area contributed by atoms with Crippen LogP contribution < -0.4 is 10.1 Å². The van der Waals surface area contributed by atoms with Gasteiger partial charge in [-0.15, -0.1) is 0 Å². The predicted octanol–water partition coefficient (Wildman–Crippen LogP) is 1.55. The molecule has 0 radical (unpaired) electrons. The van der Waals surface area contributed by atoms with E-state index >= 15 is 0 Å². The van der Waals surface area contributed by atoms with Gasteiger partial charge in [0.05, 0.1) is 19.2 Å². The Morgan fingerprint density at radius 2 is 2.04 bits per heavy atom. The van der Waals surface area contributed by atoms with Gasteiger partial charge in [0.25, 0.3) is 0 Å². The Kier molecular flexibility index (Phi) is 5.07. The Balaban J connectivity index is 1.23. The summed E-state index contributed by atoms with van der Waals surface area (Å²) in [5, 5.41) is 12.4. The van der Waals surface area contributed by atoms with Crippen LogP contribution in [0.3, 0.4) is 0 Å². The SMILES string of the molecule is C[C@@](C#N)(NC(=O)CN1CCN(Cc2ccc3c(c2)CCO3)CC1)C1CC1. The first-order valence-corrected chi connectivity index (χ1v) is 9.97. The van der Waals surface area contributed by atoms with Crippen LogP contribution in [0.4, 0.5) is 0 Å². The van der Waals surface area contributed by atoms with Gasteiger partial charge in [-0.3, -0.25) is 14.6 Å². The quantitative estimate of drug-likeness (QED) is 0.825. The highest BCUT2D eigenvalue weighted by molar-refractivity contribution is 5.79. The maximum absolute atomic E-state index is 12.4. The topological polar surface area (TPSA) is 68.6 Å². The molecule has 1 N–H and O–H groups in total. The first-order valence-electron chi connectivity index (χ1n) is 9.97. The molecule has 1 atom stereocenters. The summed E-state index contributed by atoms with van der Waals surface area (Å²) in [6, 6.07) is 8.80. The molecular weight excluding hydrogens is 340 g/mol. The van der Waals surface area contributed by atoms with E-state index in [4.69, 9.17) is 4.74 Å². The highest BCUT2D eigenvalue weighted by atomic mass is 16.5. The maximum Gasteiger partial charge on any atom is 0.235 e. The van der Waals surface area contributed by atoms with Gasteiger partial charge in [-0.2, -0.15) is 5.26 Å². The van der Waals surface area contributed by atoms with Crippen LogP contribution in [0.5, 0.6) is 5.75 Å². The molecule has 1 aromatic carbocycles. The number of hydrogen-bond acceptors (Lipinski definition) is 5. The highest BCUT2D eigenvalue weighted by Gasteiger charge is 2.43. The van der Waals surface area contributed by atoms with Crippen molar-refractivity contribution >= 4 is 5.91 Å². The first-order chi connectivity index (χ1) is 13.1. The zero-order chi connectivity index (χ0) is 18.9. The molecule has 1 aromatic rings. The third-order valence-corrected chi connectivity index (χ3v) is 6.02. The lowest BCUT2D eigenvalue weighted by molar-refractivity contribution is -0.124. The van der Waals surface area contributed by atoms with E-state index in [1.54, 1.807) is 0 Å². The molecule has 0 unspecified atom stereocenters. The molecule has 4 rings (SSSR count). The van der Waals surface area contributed by atoms with Gasteiger partial charge in [-0.25, -0.2) is 0 Å². The number of rotatable bonds is 6. The number of piperazine rings is 1. The monoisotopic (exact) mass is 368 g/mol. The van der Waals surface area contributed by atoms with Crippen molar-refractivity contribution in [2.75, 3.05) is 39.3 Å². The number of ether oxygens (including phenoxy) is 1. The average Bonchev–Trinajstić information content (AvgIpc) is 3.42. The average molecular weight is 368 g/mol. The van der Waals surface area contributed by atoms with E-state index in [0.29, 0.717) is 12.5 Å². The fourth-order valence-electron chi connectivity index (χ4n) is 4.12.